The highest BCUT2D eigenvalue weighted by atomic mass is 16.5. The van der Waals surface area contributed by atoms with Crippen LogP contribution in [0.4, 0.5) is 0 Å². The first kappa shape index (κ1) is 24.6. The Hall–Kier alpha value is -3.70. The first-order chi connectivity index (χ1) is 15.6. The summed E-state index contributed by atoms with van der Waals surface area (Å²) < 4.78 is 27.0. The predicted octanol–water partition coefficient (Wildman–Crippen LogP) is 3.35. The van der Waals surface area contributed by atoms with E-state index in [9.17, 15) is 10.1 Å². The van der Waals surface area contributed by atoms with Crippen LogP contribution in [0, 0.1) is 11.3 Å². The quantitative estimate of drug-likeness (QED) is 0.307. The molecule has 0 heterocycles. The normalized spacial score (nSPS) is 10.8. The van der Waals surface area contributed by atoms with E-state index in [4.69, 9.17) is 23.7 Å². The largest absolute Gasteiger partial charge is 0.497 e. The maximum Gasteiger partial charge on any atom is 0.261 e. The maximum atomic E-state index is 12.2. The van der Waals surface area contributed by atoms with E-state index in [0.29, 0.717) is 48.1 Å². The molecule has 8 heteroatoms. The molecule has 0 fully saturated rings. The number of nitriles is 1. The molecule has 170 valence electrons. The molecule has 2 rings (SSSR count). The smallest absolute Gasteiger partial charge is 0.261 e. The van der Waals surface area contributed by atoms with Crippen LogP contribution in [0.15, 0.2) is 42.0 Å². The van der Waals surface area contributed by atoms with Crippen LogP contribution in [0.5, 0.6) is 23.0 Å². The molecule has 1 amide bonds. The molecule has 2 aromatic rings. The lowest BCUT2D eigenvalue weighted by molar-refractivity contribution is -0.117. The number of ether oxygens (including phenoxy) is 5. The summed E-state index contributed by atoms with van der Waals surface area (Å²) in [6.45, 7) is 1.20. The number of carbonyl (C=O) groups is 1. The minimum absolute atomic E-state index is 0.000690. The molecular weight excluding hydrogens is 412 g/mol. The van der Waals surface area contributed by atoms with Crippen molar-refractivity contribution in [2.75, 3.05) is 41.6 Å². The third kappa shape index (κ3) is 6.93. The second-order valence-corrected chi connectivity index (χ2v) is 6.65. The van der Waals surface area contributed by atoms with Gasteiger partial charge in [-0.15, -0.1) is 0 Å². The Morgan fingerprint density at radius 2 is 1.75 bits per heavy atom. The van der Waals surface area contributed by atoms with E-state index < -0.39 is 5.91 Å². The summed E-state index contributed by atoms with van der Waals surface area (Å²) in [5.41, 5.74) is 1.45. The molecule has 0 radical (unpaired) electrons. The van der Waals surface area contributed by atoms with Crippen molar-refractivity contribution in [3.8, 4) is 29.1 Å². The third-order valence-electron chi connectivity index (χ3n) is 4.55. The van der Waals surface area contributed by atoms with E-state index in [1.54, 1.807) is 39.5 Å². The standard InChI is InChI=1S/C24H28N2O6/c1-28-11-5-10-26-24(27)18(15-25)12-17-6-8-22(23(13-17)31-4)32-16-19-14-20(29-2)7-9-21(19)30-3/h6-9,12-14H,5,10-11,16H2,1-4H3,(H,26,27)/b18-12+. The number of nitrogens with zero attached hydrogens (tertiary/aromatic N) is 1. The van der Waals surface area contributed by atoms with E-state index in [-0.39, 0.29) is 12.2 Å². The molecule has 1 N–H and O–H groups in total. The number of benzene rings is 2. The lowest BCUT2D eigenvalue weighted by atomic mass is 10.1. The zero-order chi connectivity index (χ0) is 23.3. The first-order valence-electron chi connectivity index (χ1n) is 9.97. The van der Waals surface area contributed by atoms with E-state index >= 15 is 0 Å². The molecular formula is C24H28N2O6. The molecule has 32 heavy (non-hydrogen) atoms. The minimum Gasteiger partial charge on any atom is -0.497 e. The molecule has 0 saturated carbocycles. The minimum atomic E-state index is -0.437. The number of hydrogen-bond acceptors (Lipinski definition) is 7. The predicted molar refractivity (Wildman–Crippen MR) is 120 cm³/mol. The number of nitrogens with one attached hydrogen (secondary N) is 1. The van der Waals surface area contributed by atoms with Gasteiger partial charge in [0.05, 0.1) is 21.3 Å². The molecule has 2 aromatic carbocycles. The molecule has 0 aliphatic rings. The first-order valence-corrected chi connectivity index (χ1v) is 9.97. The molecule has 0 spiro atoms. The van der Waals surface area contributed by atoms with Gasteiger partial charge in [-0.3, -0.25) is 4.79 Å². The SMILES string of the molecule is COCCCNC(=O)/C(C#N)=C/c1ccc(OCc2cc(OC)ccc2OC)c(OC)c1. The van der Waals surface area contributed by atoms with Crippen molar-refractivity contribution in [3.05, 3.63) is 53.1 Å². The molecule has 8 nitrogen and oxygen atoms in total. The van der Waals surface area contributed by atoms with Gasteiger partial charge in [-0.2, -0.15) is 5.26 Å². The van der Waals surface area contributed by atoms with Crippen LogP contribution < -0.4 is 24.3 Å². The molecule has 0 aliphatic heterocycles. The van der Waals surface area contributed by atoms with Crippen LogP contribution in [-0.2, 0) is 16.1 Å². The summed E-state index contributed by atoms with van der Waals surface area (Å²) in [7, 11) is 6.30. The fourth-order valence-corrected chi connectivity index (χ4v) is 2.87. The van der Waals surface area contributed by atoms with Crippen molar-refractivity contribution in [1.82, 2.24) is 5.32 Å². The van der Waals surface area contributed by atoms with E-state index in [0.717, 1.165) is 5.56 Å². The molecule has 0 unspecified atom stereocenters. The average Bonchev–Trinajstić information content (AvgIpc) is 2.83. The van der Waals surface area contributed by atoms with Crippen LogP contribution >= 0.6 is 0 Å². The van der Waals surface area contributed by atoms with Crippen LogP contribution in [-0.4, -0.2) is 47.5 Å². The van der Waals surface area contributed by atoms with Gasteiger partial charge in [-0.1, -0.05) is 6.07 Å². The van der Waals surface area contributed by atoms with Crippen molar-refractivity contribution in [2.24, 2.45) is 0 Å². The Morgan fingerprint density at radius 1 is 1.00 bits per heavy atom. The van der Waals surface area contributed by atoms with Gasteiger partial charge in [0.25, 0.3) is 5.91 Å². The van der Waals surface area contributed by atoms with Gasteiger partial charge in [-0.05, 0) is 48.4 Å². The van der Waals surface area contributed by atoms with Crippen molar-refractivity contribution in [3.63, 3.8) is 0 Å². The highest BCUT2D eigenvalue weighted by Gasteiger charge is 2.12. The van der Waals surface area contributed by atoms with Gasteiger partial charge in [0.1, 0.15) is 29.7 Å². The Balaban J connectivity index is 2.14. The van der Waals surface area contributed by atoms with Crippen molar-refractivity contribution in [1.29, 1.82) is 5.26 Å². The van der Waals surface area contributed by atoms with Crippen molar-refractivity contribution >= 4 is 12.0 Å². The third-order valence-corrected chi connectivity index (χ3v) is 4.55. The lowest BCUT2D eigenvalue weighted by Crippen LogP contribution is -2.26. The lowest BCUT2D eigenvalue weighted by Gasteiger charge is -2.14. The second kappa shape index (κ2) is 12.9. The van der Waals surface area contributed by atoms with Crippen LogP contribution in [0.3, 0.4) is 0 Å². The molecule has 0 aliphatic carbocycles. The summed E-state index contributed by atoms with van der Waals surface area (Å²) in [6, 6.07) is 12.6. The fraction of sp³-hybridized carbons (Fsp3) is 0.333. The van der Waals surface area contributed by atoms with E-state index in [1.165, 1.54) is 13.2 Å². The summed E-state index contributed by atoms with van der Waals surface area (Å²) in [6.07, 6.45) is 2.17. The number of amides is 1. The highest BCUT2D eigenvalue weighted by Crippen LogP contribution is 2.31. The molecule has 0 saturated heterocycles. The van der Waals surface area contributed by atoms with Gasteiger partial charge in [0.2, 0.25) is 0 Å². The van der Waals surface area contributed by atoms with E-state index in [1.807, 2.05) is 24.3 Å². The van der Waals surface area contributed by atoms with Crippen LogP contribution in [0.25, 0.3) is 6.08 Å². The Bertz CT molecular complexity index is 981. The van der Waals surface area contributed by atoms with Crippen LogP contribution in [0.1, 0.15) is 17.5 Å². The van der Waals surface area contributed by atoms with Gasteiger partial charge >= 0.3 is 0 Å². The monoisotopic (exact) mass is 440 g/mol. The topological polar surface area (TPSA) is 99.0 Å². The van der Waals surface area contributed by atoms with E-state index in [2.05, 4.69) is 5.32 Å². The average molecular weight is 440 g/mol. The molecule has 0 atom stereocenters. The Kier molecular flexibility index (Phi) is 9.88. The number of methoxy groups -OCH3 is 4. The summed E-state index contributed by atoms with van der Waals surface area (Å²) >= 11 is 0. The number of rotatable bonds is 12. The second-order valence-electron chi connectivity index (χ2n) is 6.65. The van der Waals surface area contributed by atoms with Gasteiger partial charge in [0.15, 0.2) is 11.5 Å². The van der Waals surface area contributed by atoms with Crippen molar-refractivity contribution in [2.45, 2.75) is 13.0 Å². The highest BCUT2D eigenvalue weighted by molar-refractivity contribution is 6.01. The maximum absolute atomic E-state index is 12.2. The zero-order valence-electron chi connectivity index (χ0n) is 18.8. The van der Waals surface area contributed by atoms with Crippen LogP contribution in [0.2, 0.25) is 0 Å². The Morgan fingerprint density at radius 3 is 2.41 bits per heavy atom. The van der Waals surface area contributed by atoms with Gasteiger partial charge < -0.3 is 29.0 Å². The summed E-state index contributed by atoms with van der Waals surface area (Å²) in [5.74, 6) is 1.92. The summed E-state index contributed by atoms with van der Waals surface area (Å²) in [4.78, 5) is 12.2. The molecule has 0 aromatic heterocycles. The van der Waals surface area contributed by atoms with Crippen molar-refractivity contribution < 1.29 is 28.5 Å². The molecule has 0 bridgehead atoms. The zero-order valence-corrected chi connectivity index (χ0v) is 18.8. The fourth-order valence-electron chi connectivity index (χ4n) is 2.87. The van der Waals surface area contributed by atoms with Gasteiger partial charge in [0, 0.05) is 25.8 Å². The Labute approximate surface area is 188 Å². The van der Waals surface area contributed by atoms with Gasteiger partial charge in [-0.25, -0.2) is 0 Å². The number of carbonyl (C=O) groups excluding carboxylic acids is 1. The number of hydrogen-bond donors (Lipinski definition) is 1. The summed E-state index contributed by atoms with van der Waals surface area (Å²) in [5, 5.41) is 12.1.